The van der Waals surface area contributed by atoms with Crippen molar-refractivity contribution in [1.82, 2.24) is 0 Å². The van der Waals surface area contributed by atoms with E-state index in [9.17, 15) is 4.79 Å². The molecule has 0 bridgehead atoms. The van der Waals surface area contributed by atoms with Crippen molar-refractivity contribution < 1.29 is 4.79 Å². The van der Waals surface area contributed by atoms with Crippen LogP contribution < -0.4 is 0 Å². The van der Waals surface area contributed by atoms with E-state index < -0.39 is 0 Å². The number of hydrogen-bond donors (Lipinski definition) is 0. The lowest BCUT2D eigenvalue weighted by Gasteiger charge is -2.25. The monoisotopic (exact) mass is 382 g/mol. The SMILES string of the molecule is O=C1c2ccccc2-c2c(-c3ccccc3)cc(-c3ccccc3)c3cccc1c23. The average Bonchev–Trinajstić information content (AvgIpc) is 2.83. The number of carbonyl (C=O) groups excluding carboxylic acids is 1. The molecule has 1 heteroatoms. The Balaban J connectivity index is 1.84. The molecule has 5 aromatic carbocycles. The van der Waals surface area contributed by atoms with E-state index in [4.69, 9.17) is 0 Å². The molecule has 0 N–H and O–H groups in total. The second kappa shape index (κ2) is 6.53. The smallest absolute Gasteiger partial charge is 0.194 e. The van der Waals surface area contributed by atoms with Gasteiger partial charge < -0.3 is 0 Å². The van der Waals surface area contributed by atoms with Gasteiger partial charge in [-0.3, -0.25) is 4.79 Å². The van der Waals surface area contributed by atoms with E-state index in [-0.39, 0.29) is 5.78 Å². The van der Waals surface area contributed by atoms with Crippen LogP contribution >= 0.6 is 0 Å². The molecule has 0 fully saturated rings. The molecule has 0 aromatic heterocycles. The Kier molecular flexibility index (Phi) is 3.69. The van der Waals surface area contributed by atoms with Crippen LogP contribution in [0.3, 0.4) is 0 Å². The minimum Gasteiger partial charge on any atom is -0.289 e. The lowest BCUT2D eigenvalue weighted by molar-refractivity contribution is 0.104. The van der Waals surface area contributed by atoms with E-state index in [0.717, 1.165) is 55.3 Å². The van der Waals surface area contributed by atoms with Crippen LogP contribution in [-0.2, 0) is 0 Å². The third-order valence-electron chi connectivity index (χ3n) is 6.02. The molecule has 5 aromatic rings. The van der Waals surface area contributed by atoms with Gasteiger partial charge in [-0.15, -0.1) is 0 Å². The number of rotatable bonds is 2. The fourth-order valence-electron chi connectivity index (χ4n) is 4.69. The zero-order valence-corrected chi connectivity index (χ0v) is 16.3. The number of carbonyl (C=O) groups is 1. The normalized spacial score (nSPS) is 12.1. The number of benzene rings is 5. The predicted molar refractivity (Wildman–Crippen MR) is 124 cm³/mol. The Morgan fingerprint density at radius 3 is 1.70 bits per heavy atom. The van der Waals surface area contributed by atoms with Crippen LogP contribution in [0.4, 0.5) is 0 Å². The molecule has 0 saturated carbocycles. The third-order valence-corrected chi connectivity index (χ3v) is 6.02. The molecule has 140 valence electrons. The number of hydrogen-bond acceptors (Lipinski definition) is 1. The number of fused-ring (bicyclic) bond motifs is 2. The maximum Gasteiger partial charge on any atom is 0.194 e. The molecular weight excluding hydrogens is 364 g/mol. The van der Waals surface area contributed by atoms with E-state index >= 15 is 0 Å². The summed E-state index contributed by atoms with van der Waals surface area (Å²) in [7, 11) is 0. The topological polar surface area (TPSA) is 17.1 Å². The summed E-state index contributed by atoms with van der Waals surface area (Å²) in [5.41, 5.74) is 8.37. The fraction of sp³-hybridized carbons (Fsp3) is 0. The average molecular weight is 382 g/mol. The van der Waals surface area contributed by atoms with Crippen molar-refractivity contribution in [2.75, 3.05) is 0 Å². The van der Waals surface area contributed by atoms with E-state index in [2.05, 4.69) is 66.7 Å². The molecule has 0 unspecified atom stereocenters. The summed E-state index contributed by atoms with van der Waals surface area (Å²) in [6.07, 6.45) is 0. The molecule has 1 aliphatic carbocycles. The zero-order valence-electron chi connectivity index (χ0n) is 16.3. The van der Waals surface area contributed by atoms with Crippen LogP contribution in [0.25, 0.3) is 44.2 Å². The summed E-state index contributed by atoms with van der Waals surface area (Å²) >= 11 is 0. The van der Waals surface area contributed by atoms with E-state index in [0.29, 0.717) is 0 Å². The highest BCUT2D eigenvalue weighted by Crippen LogP contribution is 2.48. The highest BCUT2D eigenvalue weighted by atomic mass is 16.1. The Hall–Kier alpha value is -3.97. The van der Waals surface area contributed by atoms with Gasteiger partial charge in [0.05, 0.1) is 0 Å². The van der Waals surface area contributed by atoms with Gasteiger partial charge in [0, 0.05) is 16.5 Å². The first-order chi connectivity index (χ1) is 14.8. The molecule has 0 atom stereocenters. The van der Waals surface area contributed by atoms with Crippen molar-refractivity contribution in [2.24, 2.45) is 0 Å². The minimum absolute atomic E-state index is 0.105. The van der Waals surface area contributed by atoms with Gasteiger partial charge >= 0.3 is 0 Å². The quantitative estimate of drug-likeness (QED) is 0.305. The van der Waals surface area contributed by atoms with Crippen LogP contribution in [0, 0.1) is 0 Å². The second-order valence-electron chi connectivity index (χ2n) is 7.68. The molecule has 6 rings (SSSR count). The van der Waals surface area contributed by atoms with Crippen molar-refractivity contribution in [3.05, 3.63) is 120 Å². The Bertz CT molecular complexity index is 1430. The molecule has 0 aliphatic heterocycles. The molecular formula is C29H18O. The highest BCUT2D eigenvalue weighted by molar-refractivity contribution is 6.29. The molecule has 0 spiro atoms. The van der Waals surface area contributed by atoms with Crippen LogP contribution in [0.15, 0.2) is 109 Å². The van der Waals surface area contributed by atoms with Crippen molar-refractivity contribution in [1.29, 1.82) is 0 Å². The van der Waals surface area contributed by atoms with E-state index in [1.165, 1.54) is 0 Å². The molecule has 1 nitrogen and oxygen atoms in total. The molecule has 0 radical (unpaired) electrons. The van der Waals surface area contributed by atoms with Crippen molar-refractivity contribution >= 4 is 16.6 Å². The van der Waals surface area contributed by atoms with Crippen molar-refractivity contribution in [3.63, 3.8) is 0 Å². The summed E-state index contributed by atoms with van der Waals surface area (Å²) in [6, 6.07) is 37.3. The second-order valence-corrected chi connectivity index (χ2v) is 7.68. The zero-order chi connectivity index (χ0) is 20.1. The number of ketones is 1. The van der Waals surface area contributed by atoms with Gasteiger partial charge in [-0.05, 0) is 44.8 Å². The maximum absolute atomic E-state index is 13.4. The Morgan fingerprint density at radius 2 is 1.00 bits per heavy atom. The van der Waals surface area contributed by atoms with Gasteiger partial charge in [-0.1, -0.05) is 103 Å². The first-order valence-corrected chi connectivity index (χ1v) is 10.2. The van der Waals surface area contributed by atoms with Crippen molar-refractivity contribution in [2.45, 2.75) is 0 Å². The van der Waals surface area contributed by atoms with Crippen LogP contribution in [-0.4, -0.2) is 5.78 Å². The first-order valence-electron chi connectivity index (χ1n) is 10.2. The van der Waals surface area contributed by atoms with Crippen LogP contribution in [0.5, 0.6) is 0 Å². The molecule has 0 amide bonds. The van der Waals surface area contributed by atoms with Gasteiger partial charge in [0.1, 0.15) is 0 Å². The third kappa shape index (κ3) is 2.39. The summed E-state index contributed by atoms with van der Waals surface area (Å²) in [4.78, 5) is 13.4. The van der Waals surface area contributed by atoms with Crippen molar-refractivity contribution in [3.8, 4) is 33.4 Å². The fourth-order valence-corrected chi connectivity index (χ4v) is 4.69. The van der Waals surface area contributed by atoms with Gasteiger partial charge in [-0.2, -0.15) is 0 Å². The minimum atomic E-state index is 0.105. The molecule has 30 heavy (non-hydrogen) atoms. The maximum atomic E-state index is 13.4. The first kappa shape index (κ1) is 16.9. The summed E-state index contributed by atoms with van der Waals surface area (Å²) in [6.45, 7) is 0. The summed E-state index contributed by atoms with van der Waals surface area (Å²) < 4.78 is 0. The summed E-state index contributed by atoms with van der Waals surface area (Å²) in [5.74, 6) is 0.105. The van der Waals surface area contributed by atoms with Gasteiger partial charge in [0.15, 0.2) is 5.78 Å². The molecule has 0 saturated heterocycles. The summed E-state index contributed by atoms with van der Waals surface area (Å²) in [5, 5.41) is 2.18. The molecule has 0 heterocycles. The Morgan fingerprint density at radius 1 is 0.433 bits per heavy atom. The predicted octanol–water partition coefficient (Wildman–Crippen LogP) is 7.39. The lowest BCUT2D eigenvalue weighted by atomic mass is 9.77. The molecule has 1 aliphatic rings. The Labute approximate surface area is 175 Å². The standard InChI is InChI=1S/C29H18O/c30-29-23-15-8-7-14-21(23)28-26(20-12-5-2-6-13-20)18-25(19-10-3-1-4-11-19)22-16-9-17-24(29)27(22)28/h1-18H. The van der Waals surface area contributed by atoms with E-state index in [1.807, 2.05) is 42.5 Å². The van der Waals surface area contributed by atoms with Crippen LogP contribution in [0.2, 0.25) is 0 Å². The van der Waals surface area contributed by atoms with Gasteiger partial charge in [0.25, 0.3) is 0 Å². The highest BCUT2D eigenvalue weighted by Gasteiger charge is 2.28. The van der Waals surface area contributed by atoms with Crippen LogP contribution in [0.1, 0.15) is 15.9 Å². The van der Waals surface area contributed by atoms with Gasteiger partial charge in [0.2, 0.25) is 0 Å². The largest absolute Gasteiger partial charge is 0.289 e. The van der Waals surface area contributed by atoms with E-state index in [1.54, 1.807) is 0 Å². The lowest BCUT2D eigenvalue weighted by Crippen LogP contribution is -2.11. The van der Waals surface area contributed by atoms with Gasteiger partial charge in [-0.25, -0.2) is 0 Å².